The van der Waals surface area contributed by atoms with Gasteiger partial charge < -0.3 is 10.5 Å². The highest BCUT2D eigenvalue weighted by molar-refractivity contribution is 5.88. The van der Waals surface area contributed by atoms with E-state index in [1.807, 2.05) is 27.7 Å². The Balaban J connectivity index is 2.79. The minimum atomic E-state index is -0.891. The van der Waals surface area contributed by atoms with Crippen LogP contribution in [0.2, 0.25) is 0 Å². The summed E-state index contributed by atoms with van der Waals surface area (Å²) in [6, 6.07) is 0. The second-order valence-corrected chi connectivity index (χ2v) is 5.43. The molecule has 106 valence electrons. The fourth-order valence-electron chi connectivity index (χ4n) is 2.50. The van der Waals surface area contributed by atoms with Crippen molar-refractivity contribution in [1.82, 2.24) is 5.06 Å². The van der Waals surface area contributed by atoms with Crippen LogP contribution in [0.25, 0.3) is 0 Å². The third-order valence-electron chi connectivity index (χ3n) is 4.09. The summed E-state index contributed by atoms with van der Waals surface area (Å²) in [6.07, 6.45) is 1.43. The number of hydrogen-bond donors (Lipinski definition) is 1. The lowest BCUT2D eigenvalue weighted by Crippen LogP contribution is -2.76. The molecule has 1 saturated carbocycles. The normalized spacial score (nSPS) is 29.8. The first-order chi connectivity index (χ1) is 8.35. The van der Waals surface area contributed by atoms with Gasteiger partial charge in [0.15, 0.2) is 0 Å². The highest BCUT2D eigenvalue weighted by atomic mass is 16.7. The highest BCUT2D eigenvalue weighted by Crippen LogP contribution is 2.50. The molecule has 1 aliphatic rings. The number of carbonyl (C=O) groups is 1. The average Bonchev–Trinajstić information content (AvgIpc) is 2.34. The third kappa shape index (κ3) is 2.27. The number of carbonyl (C=O) groups excluding carboxylic acids is 1. The van der Waals surface area contributed by atoms with E-state index in [9.17, 15) is 4.79 Å². The van der Waals surface area contributed by atoms with E-state index < -0.39 is 5.54 Å². The van der Waals surface area contributed by atoms with Crippen molar-refractivity contribution in [3.63, 3.8) is 0 Å². The molecule has 0 saturated heterocycles. The molecule has 0 bridgehead atoms. The van der Waals surface area contributed by atoms with Crippen LogP contribution < -0.4 is 5.73 Å². The van der Waals surface area contributed by atoms with Crippen molar-refractivity contribution in [3.05, 3.63) is 0 Å². The van der Waals surface area contributed by atoms with Crippen LogP contribution in [-0.4, -0.2) is 42.9 Å². The van der Waals surface area contributed by atoms with Crippen molar-refractivity contribution in [2.75, 3.05) is 20.3 Å². The van der Waals surface area contributed by atoms with Crippen LogP contribution >= 0.6 is 0 Å². The summed E-state index contributed by atoms with van der Waals surface area (Å²) in [7, 11) is 1.50. The molecule has 0 aliphatic heterocycles. The summed E-state index contributed by atoms with van der Waals surface area (Å²) >= 11 is 0. The molecule has 2 atom stereocenters. The first-order valence-electron chi connectivity index (χ1n) is 6.61. The van der Waals surface area contributed by atoms with Crippen molar-refractivity contribution in [2.45, 2.75) is 52.2 Å². The van der Waals surface area contributed by atoms with E-state index in [-0.39, 0.29) is 17.4 Å². The summed E-state index contributed by atoms with van der Waals surface area (Å²) in [5, 5.41) is 1.36. The molecule has 0 aromatic rings. The van der Waals surface area contributed by atoms with Crippen molar-refractivity contribution < 1.29 is 14.4 Å². The van der Waals surface area contributed by atoms with E-state index in [1.54, 1.807) is 0 Å². The number of nitrogens with zero attached hydrogens (tertiary/aromatic N) is 1. The zero-order valence-electron chi connectivity index (χ0n) is 12.2. The van der Waals surface area contributed by atoms with Gasteiger partial charge in [-0.15, -0.1) is 0 Å². The third-order valence-corrected chi connectivity index (χ3v) is 4.09. The van der Waals surface area contributed by atoms with Gasteiger partial charge in [-0.1, -0.05) is 20.8 Å². The molecule has 5 heteroatoms. The van der Waals surface area contributed by atoms with Gasteiger partial charge in [0.1, 0.15) is 5.54 Å². The standard InChI is InChI=1S/C13H26N2O3/c1-6-8-15(17-5)11(16)13(14)9-10(18-7-2)12(13,3)4/h10H,6-9,14H2,1-5H3. The van der Waals surface area contributed by atoms with Crippen molar-refractivity contribution >= 4 is 5.91 Å². The Morgan fingerprint density at radius 3 is 2.44 bits per heavy atom. The molecule has 0 aromatic heterocycles. The van der Waals surface area contributed by atoms with E-state index in [0.717, 1.165) is 6.42 Å². The molecule has 1 fully saturated rings. The smallest absolute Gasteiger partial charge is 0.266 e. The molecular formula is C13H26N2O3. The van der Waals surface area contributed by atoms with Crippen LogP contribution in [0, 0.1) is 5.41 Å². The van der Waals surface area contributed by atoms with Crippen molar-refractivity contribution in [2.24, 2.45) is 11.1 Å². The monoisotopic (exact) mass is 258 g/mol. The second kappa shape index (κ2) is 5.55. The van der Waals surface area contributed by atoms with Gasteiger partial charge in [-0.05, 0) is 13.3 Å². The summed E-state index contributed by atoms with van der Waals surface area (Å²) in [6.45, 7) is 9.11. The minimum absolute atomic E-state index is 0.0387. The van der Waals surface area contributed by atoms with Gasteiger partial charge in [0.2, 0.25) is 0 Å². The summed E-state index contributed by atoms with van der Waals surface area (Å²) in [4.78, 5) is 17.6. The van der Waals surface area contributed by atoms with Crippen LogP contribution in [0.15, 0.2) is 0 Å². The van der Waals surface area contributed by atoms with Gasteiger partial charge in [0.25, 0.3) is 5.91 Å². The fourth-order valence-corrected chi connectivity index (χ4v) is 2.50. The Morgan fingerprint density at radius 1 is 1.44 bits per heavy atom. The van der Waals surface area contributed by atoms with Crippen LogP contribution in [0.4, 0.5) is 0 Å². The quantitative estimate of drug-likeness (QED) is 0.730. The molecule has 1 aliphatic carbocycles. The van der Waals surface area contributed by atoms with Gasteiger partial charge >= 0.3 is 0 Å². The molecule has 1 rings (SSSR count). The van der Waals surface area contributed by atoms with Gasteiger partial charge in [0, 0.05) is 25.0 Å². The molecule has 0 aromatic carbocycles. The van der Waals surface area contributed by atoms with Crippen LogP contribution in [-0.2, 0) is 14.4 Å². The molecule has 0 heterocycles. The Hall–Kier alpha value is -0.650. The lowest BCUT2D eigenvalue weighted by molar-refractivity contribution is -0.211. The average molecular weight is 258 g/mol. The van der Waals surface area contributed by atoms with Crippen LogP contribution in [0.3, 0.4) is 0 Å². The largest absolute Gasteiger partial charge is 0.378 e. The molecule has 0 spiro atoms. The van der Waals surface area contributed by atoms with E-state index in [2.05, 4.69) is 0 Å². The van der Waals surface area contributed by atoms with Gasteiger partial charge in [-0.2, -0.15) is 0 Å². The molecule has 18 heavy (non-hydrogen) atoms. The van der Waals surface area contributed by atoms with Crippen molar-refractivity contribution in [1.29, 1.82) is 0 Å². The first kappa shape index (κ1) is 15.4. The number of amides is 1. The Bertz CT molecular complexity index is 307. The Kier molecular flexibility index (Phi) is 4.75. The SMILES string of the molecule is CCCN(OC)C(=O)C1(N)CC(OCC)C1(C)C. The Labute approximate surface area is 110 Å². The molecular weight excluding hydrogens is 232 g/mol. The summed E-state index contributed by atoms with van der Waals surface area (Å²) < 4.78 is 5.62. The van der Waals surface area contributed by atoms with Gasteiger partial charge in [0.05, 0.1) is 13.2 Å². The second-order valence-electron chi connectivity index (χ2n) is 5.43. The number of ether oxygens (including phenoxy) is 1. The fraction of sp³-hybridized carbons (Fsp3) is 0.923. The number of hydrogen-bond acceptors (Lipinski definition) is 4. The summed E-state index contributed by atoms with van der Waals surface area (Å²) in [5.74, 6) is -0.146. The molecule has 2 N–H and O–H groups in total. The number of nitrogens with two attached hydrogens (primary N) is 1. The van der Waals surface area contributed by atoms with Gasteiger partial charge in [-0.3, -0.25) is 9.63 Å². The topological polar surface area (TPSA) is 64.8 Å². The maximum absolute atomic E-state index is 12.5. The molecule has 5 nitrogen and oxygen atoms in total. The van der Waals surface area contributed by atoms with E-state index in [4.69, 9.17) is 15.3 Å². The lowest BCUT2D eigenvalue weighted by atomic mass is 9.54. The lowest BCUT2D eigenvalue weighted by Gasteiger charge is -2.58. The minimum Gasteiger partial charge on any atom is -0.378 e. The van der Waals surface area contributed by atoms with E-state index >= 15 is 0 Å². The predicted molar refractivity (Wildman–Crippen MR) is 69.7 cm³/mol. The molecule has 2 unspecified atom stereocenters. The van der Waals surface area contributed by atoms with Crippen LogP contribution in [0.1, 0.15) is 40.5 Å². The van der Waals surface area contributed by atoms with E-state index in [0.29, 0.717) is 19.6 Å². The number of hydroxylamine groups is 2. The summed E-state index contributed by atoms with van der Waals surface area (Å²) in [5.41, 5.74) is 5.04. The molecule has 0 radical (unpaired) electrons. The first-order valence-corrected chi connectivity index (χ1v) is 6.61. The predicted octanol–water partition coefficient (Wildman–Crippen LogP) is 1.32. The van der Waals surface area contributed by atoms with Crippen LogP contribution in [0.5, 0.6) is 0 Å². The maximum Gasteiger partial charge on any atom is 0.266 e. The molecule has 1 amide bonds. The Morgan fingerprint density at radius 2 is 2.06 bits per heavy atom. The highest BCUT2D eigenvalue weighted by Gasteiger charge is 2.64. The zero-order chi connectivity index (χ0) is 14.0. The van der Waals surface area contributed by atoms with Gasteiger partial charge in [-0.25, -0.2) is 5.06 Å². The zero-order valence-corrected chi connectivity index (χ0v) is 12.2. The number of rotatable bonds is 6. The van der Waals surface area contributed by atoms with E-state index in [1.165, 1.54) is 12.2 Å². The maximum atomic E-state index is 12.5. The van der Waals surface area contributed by atoms with Crippen molar-refractivity contribution in [3.8, 4) is 0 Å².